The molecule has 5 heteroatoms. The van der Waals surface area contributed by atoms with Gasteiger partial charge in [0.15, 0.2) is 0 Å². The van der Waals surface area contributed by atoms with Crippen molar-refractivity contribution in [3.63, 3.8) is 0 Å². The minimum absolute atomic E-state index is 0.0356. The minimum Gasteiger partial charge on any atom is -0.481 e. The second-order valence-corrected chi connectivity index (χ2v) is 6.64. The fraction of sp³-hybridized carbons (Fsp3) is 0.714. The minimum atomic E-state index is -0.756. The molecule has 1 aromatic heterocycles. The Balaban J connectivity index is 2.47. The summed E-state index contributed by atoms with van der Waals surface area (Å²) in [5, 5.41) is 19.4. The van der Waals surface area contributed by atoms with Crippen molar-refractivity contribution in [1.82, 2.24) is 15.5 Å². The van der Waals surface area contributed by atoms with Crippen LogP contribution in [0.4, 0.5) is 0 Å². The van der Waals surface area contributed by atoms with E-state index in [2.05, 4.69) is 36.3 Å². The summed E-state index contributed by atoms with van der Waals surface area (Å²) in [6.07, 6.45) is 2.43. The number of hydrogen-bond acceptors (Lipinski definition) is 3. The summed E-state index contributed by atoms with van der Waals surface area (Å²) in [6.45, 7) is 11.3. The van der Waals surface area contributed by atoms with Gasteiger partial charge in [-0.1, -0.05) is 20.8 Å². The molecule has 0 unspecified atom stereocenters. The Morgan fingerprint density at radius 2 is 2.00 bits per heavy atom. The largest absolute Gasteiger partial charge is 0.481 e. The van der Waals surface area contributed by atoms with E-state index in [9.17, 15) is 4.79 Å². The van der Waals surface area contributed by atoms with Gasteiger partial charge in [-0.2, -0.15) is 5.10 Å². The van der Waals surface area contributed by atoms with Gasteiger partial charge >= 0.3 is 5.97 Å². The molecule has 108 valence electrons. The highest BCUT2D eigenvalue weighted by atomic mass is 16.4. The summed E-state index contributed by atoms with van der Waals surface area (Å²) in [5.74, 6) is -0.756. The van der Waals surface area contributed by atoms with E-state index < -0.39 is 11.4 Å². The summed E-state index contributed by atoms with van der Waals surface area (Å²) < 4.78 is 0. The number of aliphatic carboxylic acids is 1. The van der Waals surface area contributed by atoms with Crippen molar-refractivity contribution in [3.05, 3.63) is 17.5 Å². The Hall–Kier alpha value is -1.36. The first-order valence-electron chi connectivity index (χ1n) is 6.61. The van der Waals surface area contributed by atoms with Gasteiger partial charge < -0.3 is 10.4 Å². The molecule has 19 heavy (non-hydrogen) atoms. The van der Waals surface area contributed by atoms with Crippen LogP contribution >= 0.6 is 0 Å². The number of hydrogen-bond donors (Lipinski definition) is 3. The maximum atomic E-state index is 11.0. The number of carbonyl (C=O) groups is 1. The summed E-state index contributed by atoms with van der Waals surface area (Å²) >= 11 is 0. The molecule has 0 amide bonds. The molecule has 0 aromatic carbocycles. The highest BCUT2D eigenvalue weighted by Gasteiger charge is 2.26. The van der Waals surface area contributed by atoms with Gasteiger partial charge in [0.25, 0.3) is 0 Å². The van der Waals surface area contributed by atoms with Crippen molar-refractivity contribution >= 4 is 5.97 Å². The number of aromatic nitrogens is 2. The average Bonchev–Trinajstić information content (AvgIpc) is 2.72. The van der Waals surface area contributed by atoms with Crippen LogP contribution in [0, 0.1) is 5.41 Å². The lowest BCUT2D eigenvalue weighted by Gasteiger charge is -2.20. The van der Waals surface area contributed by atoms with Crippen LogP contribution in [-0.4, -0.2) is 27.8 Å². The zero-order chi connectivity index (χ0) is 14.7. The number of nitrogens with one attached hydrogen (secondary N) is 2. The lowest BCUT2D eigenvalue weighted by Crippen LogP contribution is -2.29. The lowest BCUT2D eigenvalue weighted by molar-refractivity contribution is -0.147. The highest BCUT2D eigenvalue weighted by Crippen LogP contribution is 2.23. The van der Waals surface area contributed by atoms with Crippen molar-refractivity contribution in [3.8, 4) is 0 Å². The summed E-state index contributed by atoms with van der Waals surface area (Å²) in [5.41, 5.74) is 1.61. The third kappa shape index (κ3) is 4.35. The maximum Gasteiger partial charge on any atom is 0.309 e. The van der Waals surface area contributed by atoms with Gasteiger partial charge in [-0.3, -0.25) is 9.89 Å². The number of nitrogens with zero attached hydrogens (tertiary/aromatic N) is 1. The van der Waals surface area contributed by atoms with Crippen molar-refractivity contribution in [2.45, 2.75) is 53.0 Å². The molecule has 0 saturated carbocycles. The quantitative estimate of drug-likeness (QED) is 0.691. The third-order valence-corrected chi connectivity index (χ3v) is 3.29. The second-order valence-electron chi connectivity index (χ2n) is 6.64. The van der Waals surface area contributed by atoms with Crippen LogP contribution in [0.1, 0.15) is 52.3 Å². The van der Waals surface area contributed by atoms with Gasteiger partial charge in [0.1, 0.15) is 0 Å². The Bertz CT molecular complexity index is 430. The average molecular weight is 267 g/mol. The zero-order valence-corrected chi connectivity index (χ0v) is 12.5. The molecule has 0 saturated heterocycles. The van der Waals surface area contributed by atoms with E-state index in [0.717, 1.165) is 11.3 Å². The Morgan fingerprint density at radius 1 is 1.37 bits per heavy atom. The zero-order valence-electron chi connectivity index (χ0n) is 12.5. The predicted molar refractivity (Wildman–Crippen MR) is 75.0 cm³/mol. The fourth-order valence-electron chi connectivity index (χ4n) is 1.83. The molecule has 1 rings (SSSR count). The van der Waals surface area contributed by atoms with Gasteiger partial charge in [-0.15, -0.1) is 0 Å². The van der Waals surface area contributed by atoms with Crippen molar-refractivity contribution < 1.29 is 9.90 Å². The van der Waals surface area contributed by atoms with Gasteiger partial charge in [-0.25, -0.2) is 0 Å². The molecular weight excluding hydrogens is 242 g/mol. The van der Waals surface area contributed by atoms with Crippen molar-refractivity contribution in [1.29, 1.82) is 0 Å². The van der Waals surface area contributed by atoms with Crippen molar-refractivity contribution in [2.75, 3.05) is 6.54 Å². The smallest absolute Gasteiger partial charge is 0.309 e. The second kappa shape index (κ2) is 5.74. The molecule has 0 fully saturated rings. The molecule has 0 radical (unpaired) electrons. The Kier molecular flexibility index (Phi) is 4.74. The van der Waals surface area contributed by atoms with Crippen LogP contribution in [0.15, 0.2) is 6.20 Å². The van der Waals surface area contributed by atoms with E-state index in [-0.39, 0.29) is 5.41 Å². The molecule has 1 aromatic rings. The molecule has 0 spiro atoms. The SMILES string of the molecule is CC(C)(CCNCc1cn[nH]c1C(C)(C)C)C(=O)O. The van der Waals surface area contributed by atoms with E-state index in [1.165, 1.54) is 0 Å². The van der Waals surface area contributed by atoms with E-state index in [1.54, 1.807) is 13.8 Å². The topological polar surface area (TPSA) is 78.0 Å². The van der Waals surface area contributed by atoms with Gasteiger partial charge in [0, 0.05) is 23.2 Å². The molecule has 0 aliphatic rings. The van der Waals surface area contributed by atoms with Crippen LogP contribution in [0.3, 0.4) is 0 Å². The van der Waals surface area contributed by atoms with Crippen LogP contribution in [0.25, 0.3) is 0 Å². The molecule has 1 heterocycles. The first-order chi connectivity index (χ1) is 8.64. The third-order valence-electron chi connectivity index (χ3n) is 3.29. The lowest BCUT2D eigenvalue weighted by atomic mass is 9.89. The van der Waals surface area contributed by atoms with E-state index in [1.807, 2.05) is 6.20 Å². The molecule has 0 atom stereocenters. The maximum absolute atomic E-state index is 11.0. The molecule has 5 nitrogen and oxygen atoms in total. The van der Waals surface area contributed by atoms with E-state index in [0.29, 0.717) is 19.5 Å². The molecule has 0 aliphatic heterocycles. The predicted octanol–water partition coefficient (Wildman–Crippen LogP) is 2.30. The van der Waals surface area contributed by atoms with Crippen molar-refractivity contribution in [2.24, 2.45) is 5.41 Å². The monoisotopic (exact) mass is 267 g/mol. The first kappa shape index (κ1) is 15.7. The molecular formula is C14H25N3O2. The van der Waals surface area contributed by atoms with Crippen LogP contribution < -0.4 is 5.32 Å². The molecule has 0 bridgehead atoms. The molecule has 3 N–H and O–H groups in total. The number of carboxylic acids is 1. The molecule has 0 aliphatic carbocycles. The summed E-state index contributed by atoms with van der Waals surface area (Å²) in [6, 6.07) is 0. The Morgan fingerprint density at radius 3 is 2.53 bits per heavy atom. The van der Waals surface area contributed by atoms with Gasteiger partial charge in [0.2, 0.25) is 0 Å². The van der Waals surface area contributed by atoms with Gasteiger partial charge in [-0.05, 0) is 26.8 Å². The first-order valence-corrected chi connectivity index (χ1v) is 6.61. The summed E-state index contributed by atoms with van der Waals surface area (Å²) in [4.78, 5) is 11.0. The van der Waals surface area contributed by atoms with E-state index >= 15 is 0 Å². The van der Waals surface area contributed by atoms with Crippen LogP contribution in [0.2, 0.25) is 0 Å². The number of aromatic amines is 1. The number of H-pyrrole nitrogens is 1. The highest BCUT2D eigenvalue weighted by molar-refractivity contribution is 5.73. The van der Waals surface area contributed by atoms with Crippen LogP contribution in [-0.2, 0) is 16.8 Å². The number of carboxylic acid groups (broad SMARTS) is 1. The summed E-state index contributed by atoms with van der Waals surface area (Å²) in [7, 11) is 0. The van der Waals surface area contributed by atoms with E-state index in [4.69, 9.17) is 5.11 Å². The van der Waals surface area contributed by atoms with Crippen LogP contribution in [0.5, 0.6) is 0 Å². The fourth-order valence-corrected chi connectivity index (χ4v) is 1.83. The Labute approximate surface area is 114 Å². The normalized spacial score (nSPS) is 12.7. The number of rotatable bonds is 6. The van der Waals surface area contributed by atoms with Gasteiger partial charge in [0.05, 0.1) is 11.6 Å². The standard InChI is InChI=1S/C14H25N3O2/c1-13(2,3)11-10(9-16-17-11)8-15-7-6-14(4,5)12(18)19/h9,15H,6-8H2,1-5H3,(H,16,17)(H,18,19).